The summed E-state index contributed by atoms with van der Waals surface area (Å²) < 4.78 is 11.2. The topological polar surface area (TPSA) is 83.7 Å². The molecule has 2 heterocycles. The molecule has 0 radical (unpaired) electrons. The first-order chi connectivity index (χ1) is 13.6. The molecule has 1 aliphatic heterocycles. The molecule has 152 valence electrons. The highest BCUT2D eigenvalue weighted by Gasteiger charge is 2.44. The van der Waals surface area contributed by atoms with Gasteiger partial charge in [0.1, 0.15) is 0 Å². The van der Waals surface area contributed by atoms with Gasteiger partial charge in [-0.25, -0.2) is 0 Å². The van der Waals surface area contributed by atoms with Crippen molar-refractivity contribution in [1.82, 2.24) is 20.4 Å². The smallest absolute Gasteiger partial charge is 0.229 e. The fraction of sp³-hybridized carbons (Fsp3) is 0.619. The third kappa shape index (κ3) is 3.98. The van der Waals surface area contributed by atoms with E-state index in [9.17, 15) is 5.11 Å². The SMILES string of the molecule is Cc1noc(C2CC(NC[C@]3(CO)COC[C@@H](C)N3Cc3ccccc3)C2)n1. The van der Waals surface area contributed by atoms with Crippen LogP contribution in [0.25, 0.3) is 0 Å². The van der Waals surface area contributed by atoms with Gasteiger partial charge in [-0.2, -0.15) is 4.98 Å². The normalized spacial score (nSPS) is 30.9. The number of hydrogen-bond acceptors (Lipinski definition) is 7. The lowest BCUT2D eigenvalue weighted by atomic mass is 9.79. The maximum Gasteiger partial charge on any atom is 0.229 e. The Kier molecular flexibility index (Phi) is 5.78. The second kappa shape index (κ2) is 8.29. The summed E-state index contributed by atoms with van der Waals surface area (Å²) in [5, 5.41) is 17.9. The average molecular weight is 386 g/mol. The molecule has 2 aromatic rings. The van der Waals surface area contributed by atoms with Gasteiger partial charge in [0.25, 0.3) is 0 Å². The molecule has 7 nitrogen and oxygen atoms in total. The van der Waals surface area contributed by atoms with Crippen molar-refractivity contribution >= 4 is 0 Å². The predicted octanol–water partition coefficient (Wildman–Crippen LogP) is 1.87. The number of ether oxygens (including phenoxy) is 1. The molecule has 1 aliphatic carbocycles. The molecule has 1 saturated heterocycles. The average Bonchev–Trinajstić information content (AvgIpc) is 3.10. The van der Waals surface area contributed by atoms with E-state index in [1.807, 2.05) is 13.0 Å². The van der Waals surface area contributed by atoms with Crippen molar-refractivity contribution < 1.29 is 14.4 Å². The molecule has 0 unspecified atom stereocenters. The number of rotatable bonds is 7. The van der Waals surface area contributed by atoms with E-state index in [1.165, 1.54) is 5.56 Å². The maximum absolute atomic E-state index is 10.3. The Morgan fingerprint density at radius 2 is 2.07 bits per heavy atom. The van der Waals surface area contributed by atoms with E-state index in [0.717, 1.165) is 25.3 Å². The van der Waals surface area contributed by atoms with Crippen molar-refractivity contribution in [3.63, 3.8) is 0 Å². The zero-order valence-electron chi connectivity index (χ0n) is 16.7. The first-order valence-electron chi connectivity index (χ1n) is 10.1. The van der Waals surface area contributed by atoms with Crippen LogP contribution in [0.3, 0.4) is 0 Å². The molecule has 2 aliphatic rings. The van der Waals surface area contributed by atoms with E-state index in [-0.39, 0.29) is 12.6 Å². The van der Waals surface area contributed by atoms with Crippen molar-refractivity contribution in [2.24, 2.45) is 0 Å². The lowest BCUT2D eigenvalue weighted by molar-refractivity contribution is -0.124. The van der Waals surface area contributed by atoms with Crippen LogP contribution in [0, 0.1) is 6.92 Å². The molecular weight excluding hydrogens is 356 g/mol. The van der Waals surface area contributed by atoms with Crippen LogP contribution in [0.15, 0.2) is 34.9 Å². The second-order valence-corrected chi connectivity index (χ2v) is 8.29. The highest BCUT2D eigenvalue weighted by molar-refractivity contribution is 5.16. The standard InChI is InChI=1S/C21H30N4O3/c1-15-11-27-14-21(13-26,25(15)10-17-6-4-3-5-7-17)12-22-19-8-18(9-19)20-23-16(2)24-28-20/h3-7,15,18-19,22,26H,8-14H2,1-2H3/t15-,18?,19?,21+/m1/s1. The molecule has 0 amide bonds. The van der Waals surface area contributed by atoms with Crippen LogP contribution >= 0.6 is 0 Å². The van der Waals surface area contributed by atoms with Gasteiger partial charge in [0.15, 0.2) is 5.82 Å². The molecule has 28 heavy (non-hydrogen) atoms. The van der Waals surface area contributed by atoms with Crippen LogP contribution in [-0.2, 0) is 11.3 Å². The minimum Gasteiger partial charge on any atom is -0.394 e. The molecule has 1 aromatic heterocycles. The Hall–Kier alpha value is -1.80. The molecule has 2 atom stereocenters. The van der Waals surface area contributed by atoms with Gasteiger partial charge in [-0.3, -0.25) is 4.90 Å². The van der Waals surface area contributed by atoms with Gasteiger partial charge in [0, 0.05) is 31.1 Å². The molecule has 7 heteroatoms. The minimum absolute atomic E-state index is 0.0657. The van der Waals surface area contributed by atoms with E-state index in [1.54, 1.807) is 0 Å². The number of aliphatic hydroxyl groups excluding tert-OH is 1. The Balaban J connectivity index is 1.38. The van der Waals surface area contributed by atoms with Gasteiger partial charge in [-0.05, 0) is 32.3 Å². The van der Waals surface area contributed by atoms with E-state index in [0.29, 0.717) is 37.5 Å². The number of aromatic nitrogens is 2. The highest BCUT2D eigenvalue weighted by Crippen LogP contribution is 2.36. The lowest BCUT2D eigenvalue weighted by Gasteiger charge is -2.50. The van der Waals surface area contributed by atoms with Crippen molar-refractivity contribution in [3.8, 4) is 0 Å². The zero-order chi connectivity index (χ0) is 19.6. The van der Waals surface area contributed by atoms with Gasteiger partial charge in [0.05, 0.1) is 25.4 Å². The molecule has 0 bridgehead atoms. The number of aryl methyl sites for hydroxylation is 1. The summed E-state index contributed by atoms with van der Waals surface area (Å²) in [6, 6.07) is 11.1. The number of aliphatic hydroxyl groups is 1. The monoisotopic (exact) mass is 386 g/mol. The maximum atomic E-state index is 10.3. The number of nitrogens with zero attached hydrogens (tertiary/aromatic N) is 3. The van der Waals surface area contributed by atoms with Crippen LogP contribution < -0.4 is 5.32 Å². The van der Waals surface area contributed by atoms with E-state index in [2.05, 4.69) is 51.5 Å². The summed E-state index contributed by atoms with van der Waals surface area (Å²) in [5.41, 5.74) is 0.837. The van der Waals surface area contributed by atoms with Gasteiger partial charge in [-0.15, -0.1) is 0 Å². The van der Waals surface area contributed by atoms with Gasteiger partial charge in [-0.1, -0.05) is 35.5 Å². The summed E-state index contributed by atoms with van der Waals surface area (Å²) >= 11 is 0. The highest BCUT2D eigenvalue weighted by atomic mass is 16.5. The predicted molar refractivity (Wildman–Crippen MR) is 105 cm³/mol. The summed E-state index contributed by atoms with van der Waals surface area (Å²) in [6.07, 6.45) is 1.97. The molecule has 2 fully saturated rings. The van der Waals surface area contributed by atoms with Crippen molar-refractivity contribution in [1.29, 1.82) is 0 Å². The van der Waals surface area contributed by atoms with E-state index in [4.69, 9.17) is 9.26 Å². The van der Waals surface area contributed by atoms with Crippen LogP contribution in [0.1, 0.15) is 43.0 Å². The lowest BCUT2D eigenvalue weighted by Crippen LogP contribution is -2.67. The van der Waals surface area contributed by atoms with Gasteiger partial charge < -0.3 is 19.7 Å². The Morgan fingerprint density at radius 1 is 1.29 bits per heavy atom. The number of hydrogen-bond donors (Lipinski definition) is 2. The Labute approximate surface area is 166 Å². The third-order valence-corrected chi connectivity index (χ3v) is 6.11. The molecule has 2 N–H and O–H groups in total. The van der Waals surface area contributed by atoms with Gasteiger partial charge >= 0.3 is 0 Å². The third-order valence-electron chi connectivity index (χ3n) is 6.11. The first kappa shape index (κ1) is 19.5. The summed E-state index contributed by atoms with van der Waals surface area (Å²) in [7, 11) is 0. The summed E-state index contributed by atoms with van der Waals surface area (Å²) in [5.74, 6) is 1.77. The van der Waals surface area contributed by atoms with Crippen molar-refractivity contribution in [2.45, 2.75) is 56.8 Å². The fourth-order valence-electron chi connectivity index (χ4n) is 4.31. The largest absolute Gasteiger partial charge is 0.394 e. The molecule has 1 saturated carbocycles. The van der Waals surface area contributed by atoms with Crippen LogP contribution in [0.2, 0.25) is 0 Å². The quantitative estimate of drug-likeness (QED) is 0.751. The number of nitrogens with one attached hydrogen (secondary N) is 1. The molecule has 4 rings (SSSR count). The molecule has 0 spiro atoms. The Morgan fingerprint density at radius 3 is 2.75 bits per heavy atom. The second-order valence-electron chi connectivity index (χ2n) is 8.29. The zero-order valence-corrected chi connectivity index (χ0v) is 16.7. The summed E-state index contributed by atoms with van der Waals surface area (Å²) in [4.78, 5) is 6.74. The number of morpholine rings is 1. The number of benzene rings is 1. The van der Waals surface area contributed by atoms with E-state index < -0.39 is 5.54 Å². The Bertz CT molecular complexity index is 762. The fourth-order valence-corrected chi connectivity index (χ4v) is 4.31. The van der Waals surface area contributed by atoms with Crippen LogP contribution in [-0.4, -0.2) is 64.1 Å². The van der Waals surface area contributed by atoms with Crippen molar-refractivity contribution in [2.75, 3.05) is 26.4 Å². The molecule has 1 aromatic carbocycles. The van der Waals surface area contributed by atoms with Crippen molar-refractivity contribution in [3.05, 3.63) is 47.6 Å². The van der Waals surface area contributed by atoms with Crippen LogP contribution in [0.4, 0.5) is 0 Å². The molecular formula is C21H30N4O3. The van der Waals surface area contributed by atoms with E-state index >= 15 is 0 Å². The first-order valence-corrected chi connectivity index (χ1v) is 10.1. The minimum atomic E-state index is -0.417. The summed E-state index contributed by atoms with van der Waals surface area (Å²) in [6.45, 7) is 6.81. The van der Waals surface area contributed by atoms with Crippen LogP contribution in [0.5, 0.6) is 0 Å². The van der Waals surface area contributed by atoms with Gasteiger partial charge in [0.2, 0.25) is 5.89 Å².